The van der Waals surface area contributed by atoms with E-state index >= 15 is 0 Å². The van der Waals surface area contributed by atoms with E-state index in [0.717, 1.165) is 0 Å². The van der Waals surface area contributed by atoms with Crippen LogP contribution >= 0.6 is 0 Å². The Morgan fingerprint density at radius 2 is 2.16 bits per heavy atom. The molecule has 1 aromatic carbocycles. The quantitative estimate of drug-likeness (QED) is 0.684. The molecule has 108 valence electrons. The van der Waals surface area contributed by atoms with Crippen molar-refractivity contribution in [3.05, 3.63) is 24.3 Å². The number of ether oxygens (including phenoxy) is 2. The third-order valence-corrected chi connectivity index (χ3v) is 3.78. The highest BCUT2D eigenvalue weighted by Crippen LogP contribution is 2.14. The molecular formula is C12H20N2O4S. The van der Waals surface area contributed by atoms with Gasteiger partial charge in [-0.2, -0.15) is 0 Å². The second kappa shape index (κ2) is 7.32. The molecule has 19 heavy (non-hydrogen) atoms. The summed E-state index contributed by atoms with van der Waals surface area (Å²) in [5, 5.41) is 0. The Kier molecular flexibility index (Phi) is 6.07. The van der Waals surface area contributed by atoms with Crippen molar-refractivity contribution in [2.45, 2.75) is 13.0 Å². The van der Waals surface area contributed by atoms with Crippen molar-refractivity contribution >= 4 is 15.7 Å². The number of hydrogen-bond donors (Lipinski definition) is 2. The largest absolute Gasteiger partial charge is 0.492 e. The predicted molar refractivity (Wildman–Crippen MR) is 74.6 cm³/mol. The fourth-order valence-corrected chi connectivity index (χ4v) is 2.21. The van der Waals surface area contributed by atoms with Gasteiger partial charge in [-0.1, -0.05) is 6.07 Å². The molecule has 1 aromatic rings. The zero-order valence-electron chi connectivity index (χ0n) is 11.1. The Morgan fingerprint density at radius 1 is 1.42 bits per heavy atom. The normalized spacial score (nSPS) is 13.2. The SMILES string of the molecule is COC(C)CNS(=O)(=O)CCOc1cccc(N)c1. The monoisotopic (exact) mass is 288 g/mol. The molecule has 6 nitrogen and oxygen atoms in total. The molecule has 0 spiro atoms. The Labute approximate surface area is 113 Å². The third kappa shape index (κ3) is 6.42. The first-order valence-corrected chi connectivity index (χ1v) is 7.56. The molecule has 1 atom stereocenters. The lowest BCUT2D eigenvalue weighted by atomic mass is 10.3. The molecule has 0 saturated carbocycles. The first-order chi connectivity index (χ1) is 8.93. The lowest BCUT2D eigenvalue weighted by Crippen LogP contribution is -2.34. The second-order valence-corrected chi connectivity index (χ2v) is 6.06. The molecule has 0 aliphatic rings. The number of anilines is 1. The topological polar surface area (TPSA) is 90.6 Å². The van der Waals surface area contributed by atoms with Crippen LogP contribution in [0.15, 0.2) is 24.3 Å². The molecule has 0 bridgehead atoms. The van der Waals surface area contributed by atoms with Gasteiger partial charge in [-0.05, 0) is 19.1 Å². The highest BCUT2D eigenvalue weighted by Gasteiger charge is 2.12. The Morgan fingerprint density at radius 3 is 2.79 bits per heavy atom. The molecule has 0 aromatic heterocycles. The van der Waals surface area contributed by atoms with Crippen LogP contribution in [0.4, 0.5) is 5.69 Å². The second-order valence-electron chi connectivity index (χ2n) is 4.13. The van der Waals surface area contributed by atoms with Crippen LogP contribution in [0.1, 0.15) is 6.92 Å². The van der Waals surface area contributed by atoms with Gasteiger partial charge >= 0.3 is 0 Å². The number of hydrogen-bond acceptors (Lipinski definition) is 5. The van der Waals surface area contributed by atoms with Gasteiger partial charge in [-0.15, -0.1) is 0 Å². The molecule has 0 aliphatic heterocycles. The van der Waals surface area contributed by atoms with Gasteiger partial charge in [0.2, 0.25) is 10.0 Å². The van der Waals surface area contributed by atoms with Gasteiger partial charge in [0, 0.05) is 25.4 Å². The maximum absolute atomic E-state index is 11.6. The fraction of sp³-hybridized carbons (Fsp3) is 0.500. The van der Waals surface area contributed by atoms with Gasteiger partial charge in [0.25, 0.3) is 0 Å². The van der Waals surface area contributed by atoms with Crippen molar-refractivity contribution in [1.82, 2.24) is 4.72 Å². The molecule has 0 amide bonds. The highest BCUT2D eigenvalue weighted by molar-refractivity contribution is 7.89. The van der Waals surface area contributed by atoms with Crippen molar-refractivity contribution < 1.29 is 17.9 Å². The molecule has 7 heteroatoms. The van der Waals surface area contributed by atoms with E-state index in [1.807, 2.05) is 0 Å². The number of sulfonamides is 1. The summed E-state index contributed by atoms with van der Waals surface area (Å²) in [7, 11) is -1.82. The highest BCUT2D eigenvalue weighted by atomic mass is 32.2. The van der Waals surface area contributed by atoms with Crippen molar-refractivity contribution in [2.24, 2.45) is 0 Å². The van der Waals surface area contributed by atoms with Crippen molar-refractivity contribution in [3.8, 4) is 5.75 Å². The summed E-state index contributed by atoms with van der Waals surface area (Å²) in [4.78, 5) is 0. The maximum Gasteiger partial charge on any atom is 0.215 e. The average Bonchev–Trinajstić information content (AvgIpc) is 2.36. The number of nitrogens with two attached hydrogens (primary N) is 1. The molecule has 0 aliphatic carbocycles. The maximum atomic E-state index is 11.6. The number of methoxy groups -OCH3 is 1. The predicted octanol–water partition coefficient (Wildman–Crippen LogP) is 0.602. The Balaban J connectivity index is 2.35. The lowest BCUT2D eigenvalue weighted by Gasteiger charge is -2.12. The van der Waals surface area contributed by atoms with E-state index in [1.165, 1.54) is 7.11 Å². The van der Waals surface area contributed by atoms with Crippen LogP contribution in [-0.4, -0.2) is 40.5 Å². The lowest BCUT2D eigenvalue weighted by molar-refractivity contribution is 0.122. The molecule has 0 saturated heterocycles. The van der Waals surface area contributed by atoms with Crippen LogP contribution in [0, 0.1) is 0 Å². The van der Waals surface area contributed by atoms with Crippen molar-refractivity contribution in [2.75, 3.05) is 31.7 Å². The number of nitrogens with one attached hydrogen (secondary N) is 1. The van der Waals surface area contributed by atoms with E-state index in [-0.39, 0.29) is 25.0 Å². The molecule has 0 fully saturated rings. The van der Waals surface area contributed by atoms with Crippen molar-refractivity contribution in [1.29, 1.82) is 0 Å². The molecule has 1 unspecified atom stereocenters. The zero-order valence-corrected chi connectivity index (χ0v) is 11.9. The van der Waals surface area contributed by atoms with Crippen LogP contribution in [0.2, 0.25) is 0 Å². The Hall–Kier alpha value is -1.31. The first kappa shape index (κ1) is 15.7. The molecule has 0 heterocycles. The molecule has 1 rings (SSSR count). The summed E-state index contributed by atoms with van der Waals surface area (Å²) in [5.41, 5.74) is 6.16. The first-order valence-electron chi connectivity index (χ1n) is 5.91. The van der Waals surface area contributed by atoms with Gasteiger partial charge in [-0.3, -0.25) is 0 Å². The van der Waals surface area contributed by atoms with E-state index in [9.17, 15) is 8.42 Å². The summed E-state index contributed by atoms with van der Waals surface area (Å²) >= 11 is 0. The van der Waals surface area contributed by atoms with E-state index in [2.05, 4.69) is 4.72 Å². The minimum Gasteiger partial charge on any atom is -0.492 e. The summed E-state index contributed by atoms with van der Waals surface area (Å²) in [6.07, 6.45) is -0.162. The third-order valence-electron chi connectivity index (χ3n) is 2.47. The molecule has 0 radical (unpaired) electrons. The van der Waals surface area contributed by atoms with Gasteiger partial charge in [0.1, 0.15) is 12.4 Å². The standard InChI is InChI=1S/C12H20N2O4S/c1-10(17-2)9-14-19(15,16)7-6-18-12-5-3-4-11(13)8-12/h3-5,8,10,14H,6-7,9,13H2,1-2H3. The summed E-state index contributed by atoms with van der Waals surface area (Å²) in [6.45, 7) is 2.10. The summed E-state index contributed by atoms with van der Waals surface area (Å²) < 4.78 is 36.0. The summed E-state index contributed by atoms with van der Waals surface area (Å²) in [5.74, 6) is 0.443. The number of nitrogen functional groups attached to an aromatic ring is 1. The minimum absolute atomic E-state index is 0.0696. The van der Waals surface area contributed by atoms with E-state index in [1.54, 1.807) is 31.2 Å². The number of rotatable bonds is 8. The van der Waals surface area contributed by atoms with Crippen LogP contribution < -0.4 is 15.2 Å². The van der Waals surface area contributed by atoms with Crippen LogP contribution in [-0.2, 0) is 14.8 Å². The summed E-state index contributed by atoms with van der Waals surface area (Å²) in [6, 6.07) is 6.85. The van der Waals surface area contributed by atoms with Crippen LogP contribution in [0.25, 0.3) is 0 Å². The van der Waals surface area contributed by atoms with Gasteiger partial charge in [0.05, 0.1) is 11.9 Å². The van der Waals surface area contributed by atoms with Crippen LogP contribution in [0.5, 0.6) is 5.75 Å². The van der Waals surface area contributed by atoms with Gasteiger partial charge in [0.15, 0.2) is 0 Å². The Bertz CT molecular complexity index is 490. The van der Waals surface area contributed by atoms with Gasteiger partial charge < -0.3 is 15.2 Å². The smallest absolute Gasteiger partial charge is 0.215 e. The average molecular weight is 288 g/mol. The van der Waals surface area contributed by atoms with E-state index in [0.29, 0.717) is 11.4 Å². The van der Waals surface area contributed by atoms with E-state index < -0.39 is 10.0 Å². The molecular weight excluding hydrogens is 268 g/mol. The van der Waals surface area contributed by atoms with Gasteiger partial charge in [-0.25, -0.2) is 13.1 Å². The zero-order chi connectivity index (χ0) is 14.3. The van der Waals surface area contributed by atoms with E-state index in [4.69, 9.17) is 15.2 Å². The molecule has 3 N–H and O–H groups in total. The number of benzene rings is 1. The fourth-order valence-electron chi connectivity index (χ4n) is 1.27. The van der Waals surface area contributed by atoms with Crippen molar-refractivity contribution in [3.63, 3.8) is 0 Å². The minimum atomic E-state index is -3.35. The van der Waals surface area contributed by atoms with Crippen LogP contribution in [0.3, 0.4) is 0 Å².